The van der Waals surface area contributed by atoms with Crippen LogP contribution in [0.3, 0.4) is 0 Å². The lowest BCUT2D eigenvalue weighted by Gasteiger charge is -2.10. The van der Waals surface area contributed by atoms with Crippen LogP contribution in [0, 0.1) is 6.92 Å². The molecular weight excluding hydrogens is 457 g/mol. The van der Waals surface area contributed by atoms with Crippen LogP contribution in [0.25, 0.3) is 5.03 Å². The van der Waals surface area contributed by atoms with Crippen molar-refractivity contribution >= 4 is 40.4 Å². The highest BCUT2D eigenvalue weighted by Gasteiger charge is 2.10. The molecule has 0 saturated carbocycles. The van der Waals surface area contributed by atoms with Crippen LogP contribution >= 0.6 is 23.2 Å². The summed E-state index contributed by atoms with van der Waals surface area (Å²) in [6.45, 7) is 2.86. The first-order valence-corrected chi connectivity index (χ1v) is 11.2. The number of hydrogen-bond donors (Lipinski definition) is 2. The molecule has 8 heteroatoms. The summed E-state index contributed by atoms with van der Waals surface area (Å²) in [5.74, 6) is -0.191. The molecule has 2 aromatic rings. The molecular formula is C25H25Cl2N5O. The standard InChI is InChI=1S/C25H25Cl2N5O/c1-17-20(11-21(15-31-17)24(27)13-28)14-32-25(33)19-7-9-30-23(12-19)10-18-4-2-6-22(26)16-29-8-3-5-18/h2,4-7,9,11-13,15-16H,3,8,10,14,28H2,1H3,(H,32,33)/b4-2+,18-5+,22-6-,24-13+,29-16-. The number of allylic oxidation sites excluding steroid dienone is 5. The molecule has 0 atom stereocenters. The van der Waals surface area contributed by atoms with Crippen LogP contribution in [0.2, 0.25) is 0 Å². The van der Waals surface area contributed by atoms with Gasteiger partial charge in [0.05, 0.1) is 10.1 Å². The molecule has 2 aromatic heterocycles. The number of nitrogens with two attached hydrogens (primary N) is 1. The molecule has 0 fully saturated rings. The predicted octanol–water partition coefficient (Wildman–Crippen LogP) is 4.83. The molecule has 1 amide bonds. The van der Waals surface area contributed by atoms with Gasteiger partial charge < -0.3 is 11.1 Å². The Balaban J connectivity index is 1.69. The average Bonchev–Trinajstić information content (AvgIpc) is 2.82. The molecule has 3 heterocycles. The number of rotatable bonds is 6. The van der Waals surface area contributed by atoms with E-state index in [-0.39, 0.29) is 5.91 Å². The van der Waals surface area contributed by atoms with Gasteiger partial charge in [-0.05, 0) is 48.8 Å². The Hall–Kier alpha value is -3.22. The summed E-state index contributed by atoms with van der Waals surface area (Å²) in [6.07, 6.45) is 15.5. The van der Waals surface area contributed by atoms with E-state index in [1.807, 2.05) is 25.1 Å². The van der Waals surface area contributed by atoms with Crippen molar-refractivity contribution < 1.29 is 4.79 Å². The molecule has 0 spiro atoms. The summed E-state index contributed by atoms with van der Waals surface area (Å²) in [5, 5.41) is 3.93. The first-order chi connectivity index (χ1) is 16.0. The van der Waals surface area contributed by atoms with Crippen molar-refractivity contribution in [1.82, 2.24) is 15.3 Å². The zero-order valence-corrected chi connectivity index (χ0v) is 19.8. The van der Waals surface area contributed by atoms with Gasteiger partial charge in [-0.3, -0.25) is 19.8 Å². The van der Waals surface area contributed by atoms with E-state index in [1.165, 1.54) is 6.20 Å². The Labute approximate surface area is 203 Å². The maximum absolute atomic E-state index is 12.8. The van der Waals surface area contributed by atoms with Crippen LogP contribution in [-0.4, -0.2) is 28.6 Å². The van der Waals surface area contributed by atoms with Crippen molar-refractivity contribution in [2.45, 2.75) is 26.3 Å². The molecule has 3 N–H and O–H groups in total. The number of nitrogens with zero attached hydrogens (tertiary/aromatic N) is 3. The maximum Gasteiger partial charge on any atom is 0.251 e. The molecule has 0 unspecified atom stereocenters. The van der Waals surface area contributed by atoms with Gasteiger partial charge in [0.25, 0.3) is 5.91 Å². The Kier molecular flexibility index (Phi) is 8.98. The molecule has 33 heavy (non-hydrogen) atoms. The number of aliphatic imine (C=N–C) groups is 1. The van der Waals surface area contributed by atoms with Crippen molar-refractivity contribution in [3.05, 3.63) is 99.8 Å². The van der Waals surface area contributed by atoms with Gasteiger partial charge in [0.1, 0.15) is 0 Å². The fraction of sp³-hybridized carbons (Fsp3) is 0.200. The van der Waals surface area contributed by atoms with Gasteiger partial charge >= 0.3 is 0 Å². The summed E-state index contributed by atoms with van der Waals surface area (Å²) in [4.78, 5) is 25.8. The van der Waals surface area contributed by atoms with Crippen molar-refractivity contribution in [2.24, 2.45) is 10.7 Å². The normalized spacial score (nSPS) is 19.5. The van der Waals surface area contributed by atoms with E-state index >= 15 is 0 Å². The maximum atomic E-state index is 12.8. The van der Waals surface area contributed by atoms with Crippen LogP contribution in [0.4, 0.5) is 0 Å². The second-order valence-electron chi connectivity index (χ2n) is 7.39. The molecule has 3 rings (SSSR count). The zero-order chi connectivity index (χ0) is 23.6. The molecule has 1 aliphatic rings. The number of carbonyl (C=O) groups is 1. The van der Waals surface area contributed by atoms with E-state index < -0.39 is 0 Å². The minimum absolute atomic E-state index is 0.191. The summed E-state index contributed by atoms with van der Waals surface area (Å²) >= 11 is 12.2. The van der Waals surface area contributed by atoms with Gasteiger partial charge in [-0.2, -0.15) is 0 Å². The number of hydrogen-bond acceptors (Lipinski definition) is 5. The Bertz CT molecular complexity index is 1170. The van der Waals surface area contributed by atoms with Crippen molar-refractivity contribution in [1.29, 1.82) is 0 Å². The SMILES string of the molecule is Cc1ncc(/C(Cl)=C\N)cc1CNC(=O)c1ccnc(CC2=C\CC\N=C/C(Cl)=C/C=C/2)c1. The number of aromatic nitrogens is 2. The van der Waals surface area contributed by atoms with Crippen molar-refractivity contribution in [2.75, 3.05) is 6.54 Å². The van der Waals surface area contributed by atoms with Crippen molar-refractivity contribution in [3.8, 4) is 0 Å². The zero-order valence-electron chi connectivity index (χ0n) is 18.3. The fourth-order valence-corrected chi connectivity index (χ4v) is 3.41. The first kappa shape index (κ1) is 24.4. The number of halogens is 2. The number of carbonyl (C=O) groups excluding carboxylic acids is 1. The van der Waals surface area contributed by atoms with Crippen LogP contribution in [0.15, 0.2) is 76.7 Å². The van der Waals surface area contributed by atoms with Crippen LogP contribution in [0.1, 0.15) is 39.3 Å². The third kappa shape index (κ3) is 7.41. The molecule has 6 nitrogen and oxygen atoms in total. The van der Waals surface area contributed by atoms with Crippen LogP contribution in [0.5, 0.6) is 0 Å². The van der Waals surface area contributed by atoms with E-state index in [1.54, 1.807) is 36.8 Å². The minimum atomic E-state index is -0.191. The lowest BCUT2D eigenvalue weighted by Crippen LogP contribution is -2.23. The summed E-state index contributed by atoms with van der Waals surface area (Å²) in [7, 11) is 0. The molecule has 0 radical (unpaired) electrons. The van der Waals surface area contributed by atoms with Gasteiger partial charge in [-0.25, -0.2) is 0 Å². The minimum Gasteiger partial charge on any atom is -0.403 e. The number of pyridine rings is 2. The van der Waals surface area contributed by atoms with E-state index in [4.69, 9.17) is 28.9 Å². The van der Waals surface area contributed by atoms with E-state index in [9.17, 15) is 4.79 Å². The fourth-order valence-electron chi connectivity index (χ4n) is 3.17. The first-order valence-electron chi connectivity index (χ1n) is 10.5. The molecule has 0 aliphatic carbocycles. The van der Waals surface area contributed by atoms with E-state index in [0.29, 0.717) is 40.7 Å². The Morgan fingerprint density at radius 2 is 2.12 bits per heavy atom. The lowest BCUT2D eigenvalue weighted by atomic mass is 10.1. The van der Waals surface area contributed by atoms with Crippen LogP contribution < -0.4 is 11.1 Å². The molecule has 0 aromatic carbocycles. The number of aryl methyl sites for hydroxylation is 1. The Morgan fingerprint density at radius 1 is 1.27 bits per heavy atom. The smallest absolute Gasteiger partial charge is 0.251 e. The molecule has 0 saturated heterocycles. The lowest BCUT2D eigenvalue weighted by molar-refractivity contribution is 0.0950. The predicted molar refractivity (Wildman–Crippen MR) is 135 cm³/mol. The Morgan fingerprint density at radius 3 is 2.94 bits per heavy atom. The van der Waals surface area contributed by atoms with Gasteiger partial charge in [0.2, 0.25) is 0 Å². The van der Waals surface area contributed by atoms with E-state index in [0.717, 1.165) is 28.9 Å². The second-order valence-corrected chi connectivity index (χ2v) is 8.24. The van der Waals surface area contributed by atoms with Gasteiger partial charge in [0, 0.05) is 66.8 Å². The highest BCUT2D eigenvalue weighted by molar-refractivity contribution is 6.48. The summed E-state index contributed by atoms with van der Waals surface area (Å²) in [5.41, 5.74) is 10.3. The third-order valence-electron chi connectivity index (χ3n) is 4.96. The van der Waals surface area contributed by atoms with Crippen LogP contribution in [-0.2, 0) is 13.0 Å². The number of amides is 1. The summed E-state index contributed by atoms with van der Waals surface area (Å²) < 4.78 is 0. The van der Waals surface area contributed by atoms with Gasteiger partial charge in [-0.15, -0.1) is 0 Å². The summed E-state index contributed by atoms with van der Waals surface area (Å²) in [6, 6.07) is 5.37. The second kappa shape index (κ2) is 12.1. The molecule has 0 bridgehead atoms. The molecule has 1 aliphatic heterocycles. The monoisotopic (exact) mass is 481 g/mol. The highest BCUT2D eigenvalue weighted by atomic mass is 35.5. The number of nitrogens with one attached hydrogen (secondary N) is 1. The van der Waals surface area contributed by atoms with Gasteiger partial charge in [0.15, 0.2) is 0 Å². The van der Waals surface area contributed by atoms with Crippen molar-refractivity contribution in [3.63, 3.8) is 0 Å². The largest absolute Gasteiger partial charge is 0.403 e. The highest BCUT2D eigenvalue weighted by Crippen LogP contribution is 2.19. The quantitative estimate of drug-likeness (QED) is 0.617. The van der Waals surface area contributed by atoms with E-state index in [2.05, 4.69) is 26.4 Å². The topological polar surface area (TPSA) is 93.3 Å². The molecule has 170 valence electrons. The third-order valence-corrected chi connectivity index (χ3v) is 5.53. The average molecular weight is 482 g/mol. The van der Waals surface area contributed by atoms with Gasteiger partial charge in [-0.1, -0.05) is 41.4 Å².